The van der Waals surface area contributed by atoms with Crippen LogP contribution in [-0.4, -0.2) is 43.6 Å². The molecule has 0 radical (unpaired) electrons. The Hall–Kier alpha value is -0.390. The first-order chi connectivity index (χ1) is 5.83. The van der Waals surface area contributed by atoms with Gasteiger partial charge in [-0.3, -0.25) is 4.90 Å². The van der Waals surface area contributed by atoms with Crippen molar-refractivity contribution in [3.63, 3.8) is 0 Å². The van der Waals surface area contributed by atoms with Crippen molar-refractivity contribution >= 4 is 17.3 Å². The van der Waals surface area contributed by atoms with Gasteiger partial charge in [-0.15, -0.1) is 0 Å². The lowest BCUT2D eigenvalue weighted by Gasteiger charge is -2.29. The van der Waals surface area contributed by atoms with Crippen molar-refractivity contribution in [2.75, 3.05) is 33.6 Å². The Kier molecular flexibility index (Phi) is 4.27. The highest BCUT2D eigenvalue weighted by Gasteiger charge is 2.09. The zero-order chi connectivity index (χ0) is 8.81. The molecule has 0 spiro atoms. The summed E-state index contributed by atoms with van der Waals surface area (Å²) in [6, 6.07) is 0. The fourth-order valence-corrected chi connectivity index (χ4v) is 1.21. The second-order valence-corrected chi connectivity index (χ2v) is 3.15. The molecule has 4 nitrogen and oxygen atoms in total. The van der Waals surface area contributed by atoms with Crippen LogP contribution in [0, 0.1) is 0 Å². The molecule has 0 aromatic heterocycles. The molecular weight excluding hydrogens is 174 g/mol. The Morgan fingerprint density at radius 2 is 2.17 bits per heavy atom. The minimum Gasteiger partial charge on any atom is -0.385 e. The van der Waals surface area contributed by atoms with Crippen LogP contribution in [0.15, 0.2) is 0 Å². The Bertz CT molecular complexity index is 144. The first kappa shape index (κ1) is 9.70. The molecule has 0 atom stereocenters. The molecule has 0 bridgehead atoms. The van der Waals surface area contributed by atoms with Crippen LogP contribution in [0.3, 0.4) is 0 Å². The third-order valence-electron chi connectivity index (χ3n) is 1.75. The Balaban J connectivity index is 2.05. The van der Waals surface area contributed by atoms with Crippen molar-refractivity contribution < 1.29 is 4.74 Å². The Morgan fingerprint density at radius 3 is 2.75 bits per heavy atom. The van der Waals surface area contributed by atoms with E-state index in [9.17, 15) is 0 Å². The summed E-state index contributed by atoms with van der Waals surface area (Å²) in [6.45, 7) is 3.54. The van der Waals surface area contributed by atoms with E-state index in [1.165, 1.54) is 0 Å². The van der Waals surface area contributed by atoms with E-state index in [1.807, 2.05) is 0 Å². The maximum absolute atomic E-state index is 4.96. The molecule has 1 aliphatic heterocycles. The lowest BCUT2D eigenvalue weighted by molar-refractivity contribution is 0.165. The number of ether oxygens (including phenoxy) is 1. The van der Waals surface area contributed by atoms with Crippen molar-refractivity contribution in [3.05, 3.63) is 0 Å². The molecule has 1 fully saturated rings. The third-order valence-corrected chi connectivity index (χ3v) is 2.04. The van der Waals surface area contributed by atoms with Gasteiger partial charge in [-0.1, -0.05) is 0 Å². The monoisotopic (exact) mass is 189 g/mol. The van der Waals surface area contributed by atoms with Gasteiger partial charge >= 0.3 is 0 Å². The standard InChI is InChI=1S/C7H15N3OS/c1-11-4-2-3-10-5-8-7(12)9-6-10/h2-6H2,1H3,(H2,8,9,12). The topological polar surface area (TPSA) is 36.5 Å². The predicted octanol–water partition coefficient (Wildman–Crippen LogP) is -0.282. The van der Waals surface area contributed by atoms with Gasteiger partial charge in [0.25, 0.3) is 0 Å². The summed E-state index contributed by atoms with van der Waals surface area (Å²) in [6.07, 6.45) is 1.06. The van der Waals surface area contributed by atoms with E-state index in [4.69, 9.17) is 17.0 Å². The van der Waals surface area contributed by atoms with E-state index in [2.05, 4.69) is 15.5 Å². The van der Waals surface area contributed by atoms with Crippen LogP contribution in [0.25, 0.3) is 0 Å². The van der Waals surface area contributed by atoms with Gasteiger partial charge in [0.15, 0.2) is 5.11 Å². The van der Waals surface area contributed by atoms with Crippen LogP contribution >= 0.6 is 12.2 Å². The Morgan fingerprint density at radius 1 is 1.50 bits per heavy atom. The summed E-state index contributed by atoms with van der Waals surface area (Å²) in [4.78, 5) is 2.24. The summed E-state index contributed by atoms with van der Waals surface area (Å²) in [7, 11) is 1.72. The normalized spacial score (nSPS) is 18.6. The second kappa shape index (κ2) is 5.29. The molecule has 1 saturated heterocycles. The van der Waals surface area contributed by atoms with Crippen LogP contribution < -0.4 is 10.6 Å². The highest BCUT2D eigenvalue weighted by atomic mass is 32.1. The molecule has 1 heterocycles. The molecule has 70 valence electrons. The van der Waals surface area contributed by atoms with Crippen molar-refractivity contribution in [1.29, 1.82) is 0 Å². The summed E-state index contributed by atoms with van der Waals surface area (Å²) in [5, 5.41) is 6.88. The molecule has 2 N–H and O–H groups in total. The second-order valence-electron chi connectivity index (χ2n) is 2.74. The zero-order valence-corrected chi connectivity index (χ0v) is 8.12. The highest BCUT2D eigenvalue weighted by molar-refractivity contribution is 7.80. The number of hydrogen-bond donors (Lipinski definition) is 2. The maximum atomic E-state index is 4.96. The molecule has 0 saturated carbocycles. The minimum absolute atomic E-state index is 0.748. The van der Waals surface area contributed by atoms with Gasteiger partial charge in [0.2, 0.25) is 0 Å². The summed E-state index contributed by atoms with van der Waals surface area (Å²) in [5.74, 6) is 0. The van der Waals surface area contributed by atoms with Gasteiger partial charge in [-0.05, 0) is 18.6 Å². The van der Waals surface area contributed by atoms with Crippen LogP contribution in [-0.2, 0) is 4.74 Å². The summed E-state index contributed by atoms with van der Waals surface area (Å²) >= 11 is 4.92. The van der Waals surface area contributed by atoms with Gasteiger partial charge in [-0.25, -0.2) is 0 Å². The Labute approximate surface area is 78.3 Å². The number of rotatable bonds is 4. The number of nitrogens with one attached hydrogen (secondary N) is 2. The van der Waals surface area contributed by atoms with E-state index < -0.39 is 0 Å². The van der Waals surface area contributed by atoms with Crippen molar-refractivity contribution in [1.82, 2.24) is 15.5 Å². The predicted molar refractivity (Wildman–Crippen MR) is 51.8 cm³/mol. The van der Waals surface area contributed by atoms with E-state index in [0.717, 1.165) is 38.0 Å². The molecule has 0 unspecified atom stereocenters. The molecule has 0 amide bonds. The van der Waals surface area contributed by atoms with Crippen LogP contribution in [0.1, 0.15) is 6.42 Å². The number of methoxy groups -OCH3 is 1. The first-order valence-corrected chi connectivity index (χ1v) is 4.47. The van der Waals surface area contributed by atoms with Crippen molar-refractivity contribution in [2.24, 2.45) is 0 Å². The van der Waals surface area contributed by atoms with E-state index in [-0.39, 0.29) is 0 Å². The third kappa shape index (κ3) is 3.34. The molecule has 0 aromatic carbocycles. The fourth-order valence-electron chi connectivity index (χ4n) is 1.08. The SMILES string of the molecule is COCCCN1CNC(=S)NC1. The van der Waals surface area contributed by atoms with Crippen molar-refractivity contribution in [2.45, 2.75) is 6.42 Å². The van der Waals surface area contributed by atoms with Gasteiger partial charge in [0.1, 0.15) is 0 Å². The molecule has 1 rings (SSSR count). The largest absolute Gasteiger partial charge is 0.385 e. The summed E-state index contributed by atoms with van der Waals surface area (Å²) in [5.41, 5.74) is 0. The average Bonchev–Trinajstić information content (AvgIpc) is 2.09. The van der Waals surface area contributed by atoms with Crippen LogP contribution in [0.4, 0.5) is 0 Å². The summed E-state index contributed by atoms with van der Waals surface area (Å²) < 4.78 is 4.96. The molecule has 1 aliphatic rings. The lowest BCUT2D eigenvalue weighted by atomic mass is 10.4. The highest BCUT2D eigenvalue weighted by Crippen LogP contribution is 1.92. The number of hydrogen-bond acceptors (Lipinski definition) is 3. The van der Waals surface area contributed by atoms with Crippen molar-refractivity contribution in [3.8, 4) is 0 Å². The molecule has 5 heteroatoms. The first-order valence-electron chi connectivity index (χ1n) is 4.06. The molecule has 0 aliphatic carbocycles. The fraction of sp³-hybridized carbons (Fsp3) is 0.857. The quantitative estimate of drug-likeness (QED) is 0.470. The van der Waals surface area contributed by atoms with E-state index >= 15 is 0 Å². The average molecular weight is 189 g/mol. The number of thiocarbonyl (C=S) groups is 1. The smallest absolute Gasteiger partial charge is 0.168 e. The van der Waals surface area contributed by atoms with Crippen LogP contribution in [0.5, 0.6) is 0 Å². The van der Waals surface area contributed by atoms with E-state index in [0.29, 0.717) is 0 Å². The minimum atomic E-state index is 0.748. The maximum Gasteiger partial charge on any atom is 0.168 e. The van der Waals surface area contributed by atoms with Crippen LogP contribution in [0.2, 0.25) is 0 Å². The van der Waals surface area contributed by atoms with Gasteiger partial charge in [0, 0.05) is 20.3 Å². The lowest BCUT2D eigenvalue weighted by Crippen LogP contribution is -2.54. The van der Waals surface area contributed by atoms with Gasteiger partial charge in [0.05, 0.1) is 13.3 Å². The molecule has 12 heavy (non-hydrogen) atoms. The van der Waals surface area contributed by atoms with E-state index in [1.54, 1.807) is 7.11 Å². The molecular formula is C7H15N3OS. The van der Waals surface area contributed by atoms with Gasteiger partial charge < -0.3 is 15.4 Å². The molecule has 0 aromatic rings. The zero-order valence-electron chi connectivity index (χ0n) is 7.30. The van der Waals surface area contributed by atoms with Gasteiger partial charge in [-0.2, -0.15) is 0 Å². The number of nitrogens with zero attached hydrogens (tertiary/aromatic N) is 1.